The maximum Gasteiger partial charge on any atom is 0.127 e. The summed E-state index contributed by atoms with van der Waals surface area (Å²) in [6, 6.07) is 81.2. The summed E-state index contributed by atoms with van der Waals surface area (Å²) in [7, 11) is 3.23. The molecule has 14 rings (SSSR count). The molecule has 0 aliphatic carbocycles. The highest BCUT2D eigenvalue weighted by atomic mass is 32.1. The van der Waals surface area contributed by atoms with Crippen LogP contribution in [0.2, 0.25) is 0 Å². The van der Waals surface area contributed by atoms with Gasteiger partial charge in [-0.15, -0.1) is 0 Å². The lowest BCUT2D eigenvalue weighted by Crippen LogP contribution is -2.21. The molecule has 7 nitrogen and oxygen atoms in total. The monoisotopic (exact) mass is 2140 g/mol. The summed E-state index contributed by atoms with van der Waals surface area (Å²) >= 11 is 30.9. The van der Waals surface area contributed by atoms with Crippen molar-refractivity contribution >= 4 is 223 Å². The van der Waals surface area contributed by atoms with Gasteiger partial charge in [0.15, 0.2) is 0 Å². The fraction of sp³-hybridized carbons (Fsp3) is 0.300. The molecule has 0 fully saturated rings. The highest BCUT2D eigenvalue weighted by Gasteiger charge is 2.28. The molecule has 0 radical (unpaired) electrons. The molecule has 748 valence electrons. The average molecular weight is 2140 g/mol. The second-order valence-corrected chi connectivity index (χ2v) is 51.9. The van der Waals surface area contributed by atoms with Crippen molar-refractivity contribution < 1.29 is 35.7 Å². The Bertz CT molecular complexity index is 6500. The lowest BCUT2D eigenvalue weighted by molar-refractivity contribution is 0.448. The predicted molar refractivity (Wildman–Crippen MR) is 660 cm³/mol. The zero-order valence-corrected chi connectivity index (χ0v) is 100.0. The van der Waals surface area contributed by atoms with Gasteiger partial charge in [0.2, 0.25) is 0 Å². The lowest BCUT2D eigenvalue weighted by atomic mass is 9.80. The topological polar surface area (TPSA) is 142 Å². The molecule has 141 heavy (non-hydrogen) atoms. The molecule has 7 unspecified atom stereocenters. The van der Waals surface area contributed by atoms with Gasteiger partial charge < -0.3 is 35.7 Å². The number of hydrogen-bond donors (Lipinski definition) is 14. The van der Waals surface area contributed by atoms with Crippen LogP contribution in [0, 0.1) is 90.0 Å². The molecular weight excluding hydrogens is 1990 g/mol. The Labute approximate surface area is 895 Å². The minimum atomic E-state index is -0.0930. The molecule has 7 N–H and O–H groups in total. The zero-order valence-electron chi connectivity index (χ0n) is 86.7. The van der Waals surface area contributed by atoms with Crippen LogP contribution >= 0.6 is 148 Å². The first-order valence-corrected chi connectivity index (χ1v) is 58.8. The van der Waals surface area contributed by atoms with Gasteiger partial charge in [-0.3, -0.25) is 0 Å². The number of phenols is 7. The smallest absolute Gasteiger partial charge is 0.127 e. The van der Waals surface area contributed by atoms with Gasteiger partial charge in [-0.1, -0.05) is 382 Å². The summed E-state index contributed by atoms with van der Waals surface area (Å²) < 4.78 is 0. The fourth-order valence-corrected chi connectivity index (χ4v) is 27.4. The average Bonchev–Trinajstić information content (AvgIpc) is 0.787. The molecule has 0 amide bonds. The standard InChI is InChI=1S/C22H31OPS.2C19H25OPS.C16H19OPS.2C15H17OPS.C14H15OPS/c1-14-8-9-18(15(10-14)13-25)24-19-12-16(21(2,3)4)11-17(20(19)23)22(5,6)7;1-12-6-7-16(14(8-12)11-22)21-17-10-15(19(3,4)5)9-13(2)18(17)20;1-12-6-7-16(14(8-12)11-22)21-17-10-13(2)9-15(18(17)20)19(3,4)5;1-10-4-5-14(13(7-10)9-19)18-15-8-11(2)6-12(3)16(15)17;1-10-4-6-14(12(7-10)9-18)17-15-8-11(2)3-5-13(15)16;1-10-6-7-13(12(8-10)9-18)17-14-5-3-4-11(2)15(14)16;1-10-6-7-13(11(8-10)9-17)16-14-5-3-2-4-12(14)15/h8-12,23-25H,13H2,1-7H3;2*6-10,20-22H,11H2,1-5H3;4-8,17-19H,9H2,1-3H3;2*3-8,16-18H,9H2,1-2H3;2-8,15-17H,9H2,1H3. The molecule has 0 aliphatic heterocycles. The van der Waals surface area contributed by atoms with Crippen molar-refractivity contribution in [2.45, 2.75) is 235 Å². The Kier molecular flexibility index (Phi) is 46.8. The van der Waals surface area contributed by atoms with Crippen LogP contribution < -0.4 is 74.3 Å². The van der Waals surface area contributed by atoms with Crippen molar-refractivity contribution in [1.29, 1.82) is 0 Å². The number of phenolic OH excluding ortho intramolecular Hbond substituents is 7. The van der Waals surface area contributed by atoms with Crippen molar-refractivity contribution in [2.75, 3.05) is 0 Å². The van der Waals surface area contributed by atoms with E-state index in [2.05, 4.69) is 410 Å². The first kappa shape index (κ1) is 119. The second kappa shape index (κ2) is 55.2. The van der Waals surface area contributed by atoms with Gasteiger partial charge in [0.1, 0.15) is 40.2 Å². The summed E-state index contributed by atoms with van der Waals surface area (Å²) in [4.78, 5) is 0. The highest BCUT2D eigenvalue weighted by Crippen LogP contribution is 2.40. The number of rotatable bonds is 21. The van der Waals surface area contributed by atoms with Crippen LogP contribution in [-0.2, 0) is 61.9 Å². The SMILES string of the molecule is Cc1ccc(Pc2cc(C(C)(C)C)cc(C(C)(C)C)c2O)c(CS)c1.Cc1ccc(Pc2cc(C(C)(C)C)cc(C)c2O)c(CS)c1.Cc1ccc(Pc2cc(C)cc(C(C)(C)C)c2O)c(CS)c1.Cc1ccc(Pc2cc(C)cc(C)c2O)c(CS)c1.Cc1ccc(Pc2cc(C)ccc2O)c(CS)c1.Cc1ccc(Pc2cccc(C)c2O)c(CS)c1.Cc1ccc(Pc2ccccc2O)c(CS)c1. The van der Waals surface area contributed by atoms with E-state index in [0.29, 0.717) is 100 Å². The van der Waals surface area contributed by atoms with Crippen LogP contribution in [0.5, 0.6) is 40.2 Å². The molecule has 0 spiro atoms. The Balaban J connectivity index is 0.000000202. The Morgan fingerprint density at radius 1 is 0.184 bits per heavy atom. The maximum absolute atomic E-state index is 11.0. The van der Waals surface area contributed by atoms with Crippen LogP contribution in [0.4, 0.5) is 0 Å². The van der Waals surface area contributed by atoms with Gasteiger partial charge in [-0.25, -0.2) is 0 Å². The molecule has 0 aliphatic rings. The molecule has 14 aromatic carbocycles. The number of aromatic hydroxyl groups is 7. The van der Waals surface area contributed by atoms with Crippen molar-refractivity contribution in [3.05, 3.63) is 370 Å². The van der Waals surface area contributed by atoms with Crippen molar-refractivity contribution in [3.8, 4) is 40.2 Å². The zero-order chi connectivity index (χ0) is 104. The third-order valence-electron chi connectivity index (χ3n) is 23.7. The first-order valence-electron chi connectivity index (χ1n) is 47.3. The third-order valence-corrected chi connectivity index (χ3v) is 36.0. The van der Waals surface area contributed by atoms with Gasteiger partial charge in [0.25, 0.3) is 0 Å². The summed E-state index contributed by atoms with van der Waals surface area (Å²) in [5, 5.41) is 88.0. The van der Waals surface area contributed by atoms with Crippen LogP contribution in [0.1, 0.15) is 217 Å². The molecule has 21 heteroatoms. The first-order chi connectivity index (χ1) is 66.3. The van der Waals surface area contributed by atoms with Gasteiger partial charge in [-0.05, 0) is 269 Å². The second-order valence-electron chi connectivity index (χ2n) is 40.4. The summed E-state index contributed by atoms with van der Waals surface area (Å²) in [5.41, 5.74) is 28.5. The van der Waals surface area contributed by atoms with Gasteiger partial charge in [0.05, 0.1) is 0 Å². The molecule has 0 aromatic heterocycles. The summed E-state index contributed by atoms with van der Waals surface area (Å²) in [5.74, 6) is 8.02. The van der Waals surface area contributed by atoms with Crippen molar-refractivity contribution in [3.63, 3.8) is 0 Å². The number of hydrogen-bond acceptors (Lipinski definition) is 14. The minimum Gasteiger partial charge on any atom is -0.507 e. The normalized spacial score (nSPS) is 11.9. The van der Waals surface area contributed by atoms with E-state index in [0.717, 1.165) is 105 Å². The van der Waals surface area contributed by atoms with Crippen LogP contribution in [-0.4, -0.2) is 35.7 Å². The fourth-order valence-electron chi connectivity index (χ4n) is 15.5. The van der Waals surface area contributed by atoms with Gasteiger partial charge in [0, 0.05) is 88.5 Å². The maximum atomic E-state index is 11.0. The van der Waals surface area contributed by atoms with E-state index in [1.807, 2.05) is 76.2 Å². The van der Waals surface area contributed by atoms with E-state index < -0.39 is 0 Å². The highest BCUT2D eigenvalue weighted by molar-refractivity contribution is 7.80. The quantitative estimate of drug-likeness (QED) is 0.0254. The molecule has 14 aromatic rings. The molecule has 7 atom stereocenters. The molecule has 0 saturated heterocycles. The van der Waals surface area contributed by atoms with Crippen LogP contribution in [0.25, 0.3) is 0 Å². The molecule has 0 heterocycles. The van der Waals surface area contributed by atoms with E-state index >= 15 is 0 Å². The molecular formula is C120H149O7P7S7. The largest absolute Gasteiger partial charge is 0.507 e. The Hall–Kier alpha value is -6.86. The predicted octanol–water partition coefficient (Wildman–Crippen LogP) is 26.4. The van der Waals surface area contributed by atoms with E-state index in [-0.39, 0.29) is 21.7 Å². The molecule has 0 saturated carbocycles. The number of thiol groups is 7. The van der Waals surface area contributed by atoms with Crippen LogP contribution in [0.3, 0.4) is 0 Å². The van der Waals surface area contributed by atoms with E-state index in [9.17, 15) is 35.7 Å². The van der Waals surface area contributed by atoms with Crippen molar-refractivity contribution in [2.24, 2.45) is 0 Å². The van der Waals surface area contributed by atoms with Crippen molar-refractivity contribution in [1.82, 2.24) is 0 Å². The van der Waals surface area contributed by atoms with E-state index in [1.165, 1.54) is 143 Å². The van der Waals surface area contributed by atoms with E-state index in [1.54, 1.807) is 12.1 Å². The third kappa shape index (κ3) is 36.0. The van der Waals surface area contributed by atoms with Crippen LogP contribution in [0.15, 0.2) is 237 Å². The molecule has 0 bridgehead atoms. The van der Waals surface area contributed by atoms with E-state index in [4.69, 9.17) is 0 Å². The number of aryl methyl sites for hydroxylation is 13. The minimum absolute atomic E-state index is 0.0482. The number of benzene rings is 14. The number of para-hydroxylation sites is 2. The lowest BCUT2D eigenvalue weighted by Gasteiger charge is -2.27. The summed E-state index contributed by atoms with van der Waals surface area (Å²) in [6.07, 6.45) is 0. The van der Waals surface area contributed by atoms with Gasteiger partial charge in [-0.2, -0.15) is 88.4 Å². The van der Waals surface area contributed by atoms with Gasteiger partial charge >= 0.3 is 0 Å². The Morgan fingerprint density at radius 2 is 0.426 bits per heavy atom. The Morgan fingerprint density at radius 3 is 0.759 bits per heavy atom. The summed E-state index contributed by atoms with van der Waals surface area (Å²) in [6.45, 7) is 52.9.